The van der Waals surface area contributed by atoms with Gasteiger partial charge in [0.15, 0.2) is 0 Å². The largest absolute Gasteiger partial charge is 0.360 e. The second-order valence-corrected chi connectivity index (χ2v) is 5.29. The Hall–Kier alpha value is -1.47. The molecule has 6 nitrogen and oxygen atoms in total. The fourth-order valence-electron chi connectivity index (χ4n) is 1.69. The third kappa shape index (κ3) is 3.51. The SMILES string of the molecule is CCNc1nnc(CN(C)Cc2cnn(C)c2)s1. The number of aromatic nitrogens is 4. The highest BCUT2D eigenvalue weighted by Crippen LogP contribution is 2.16. The van der Waals surface area contributed by atoms with Crippen LogP contribution in [0, 0.1) is 0 Å². The molecule has 2 rings (SSSR count). The average Bonchev–Trinajstić information content (AvgIpc) is 2.89. The van der Waals surface area contributed by atoms with E-state index in [1.165, 1.54) is 5.56 Å². The van der Waals surface area contributed by atoms with Gasteiger partial charge in [-0.3, -0.25) is 9.58 Å². The van der Waals surface area contributed by atoms with Crippen LogP contribution < -0.4 is 5.32 Å². The van der Waals surface area contributed by atoms with E-state index in [1.54, 1.807) is 11.3 Å². The molecule has 2 heterocycles. The van der Waals surface area contributed by atoms with Crippen LogP contribution in [0.4, 0.5) is 5.13 Å². The molecule has 7 heteroatoms. The maximum Gasteiger partial charge on any atom is 0.205 e. The van der Waals surface area contributed by atoms with E-state index in [4.69, 9.17) is 0 Å². The highest BCUT2D eigenvalue weighted by molar-refractivity contribution is 7.15. The summed E-state index contributed by atoms with van der Waals surface area (Å²) in [4.78, 5) is 2.20. The molecular weight excluding hydrogens is 248 g/mol. The first-order chi connectivity index (χ1) is 8.67. The van der Waals surface area contributed by atoms with Crippen LogP contribution in [0.5, 0.6) is 0 Å². The van der Waals surface area contributed by atoms with Gasteiger partial charge in [0.1, 0.15) is 5.01 Å². The Morgan fingerprint density at radius 1 is 1.39 bits per heavy atom. The zero-order valence-corrected chi connectivity index (χ0v) is 11.7. The molecule has 0 fully saturated rings. The molecule has 0 amide bonds. The highest BCUT2D eigenvalue weighted by atomic mass is 32.1. The molecule has 0 bridgehead atoms. The van der Waals surface area contributed by atoms with Crippen molar-refractivity contribution in [2.45, 2.75) is 20.0 Å². The van der Waals surface area contributed by atoms with E-state index in [0.29, 0.717) is 0 Å². The summed E-state index contributed by atoms with van der Waals surface area (Å²) >= 11 is 1.61. The molecule has 0 saturated carbocycles. The van der Waals surface area contributed by atoms with Crippen LogP contribution >= 0.6 is 11.3 Å². The molecule has 2 aromatic heterocycles. The van der Waals surface area contributed by atoms with Gasteiger partial charge in [-0.05, 0) is 14.0 Å². The van der Waals surface area contributed by atoms with Gasteiger partial charge in [-0.1, -0.05) is 11.3 Å². The van der Waals surface area contributed by atoms with Gasteiger partial charge in [0, 0.05) is 31.9 Å². The van der Waals surface area contributed by atoms with Crippen molar-refractivity contribution in [2.24, 2.45) is 7.05 Å². The number of hydrogen-bond donors (Lipinski definition) is 1. The van der Waals surface area contributed by atoms with E-state index < -0.39 is 0 Å². The predicted octanol–water partition coefficient (Wildman–Crippen LogP) is 1.34. The van der Waals surface area contributed by atoms with E-state index >= 15 is 0 Å². The Labute approximate surface area is 111 Å². The maximum absolute atomic E-state index is 4.17. The molecule has 0 atom stereocenters. The minimum Gasteiger partial charge on any atom is -0.360 e. The zero-order valence-electron chi connectivity index (χ0n) is 10.9. The van der Waals surface area contributed by atoms with Crippen molar-refractivity contribution in [1.29, 1.82) is 0 Å². The summed E-state index contributed by atoms with van der Waals surface area (Å²) in [7, 11) is 4.00. The van der Waals surface area contributed by atoms with Crippen molar-refractivity contribution >= 4 is 16.5 Å². The molecule has 0 unspecified atom stereocenters. The fraction of sp³-hybridized carbons (Fsp3) is 0.545. The van der Waals surface area contributed by atoms with Gasteiger partial charge in [0.25, 0.3) is 0 Å². The molecule has 0 radical (unpaired) electrons. The molecule has 0 aromatic carbocycles. The topological polar surface area (TPSA) is 58.9 Å². The van der Waals surface area contributed by atoms with Gasteiger partial charge in [-0.15, -0.1) is 10.2 Å². The number of anilines is 1. The lowest BCUT2D eigenvalue weighted by Gasteiger charge is -2.12. The van der Waals surface area contributed by atoms with Gasteiger partial charge in [0.05, 0.1) is 12.7 Å². The van der Waals surface area contributed by atoms with Crippen molar-refractivity contribution in [3.63, 3.8) is 0 Å². The van der Waals surface area contributed by atoms with E-state index in [0.717, 1.165) is 29.8 Å². The third-order valence-electron chi connectivity index (χ3n) is 2.41. The molecule has 0 spiro atoms. The number of nitrogens with one attached hydrogen (secondary N) is 1. The van der Waals surface area contributed by atoms with Crippen molar-refractivity contribution < 1.29 is 0 Å². The first kappa shape index (κ1) is 13.0. The van der Waals surface area contributed by atoms with Gasteiger partial charge in [-0.25, -0.2) is 0 Å². The molecule has 0 saturated heterocycles. The summed E-state index contributed by atoms with van der Waals surface area (Å²) in [6, 6.07) is 0. The summed E-state index contributed by atoms with van der Waals surface area (Å²) in [5, 5.41) is 17.5. The first-order valence-corrected chi connectivity index (χ1v) is 6.71. The van der Waals surface area contributed by atoms with E-state index in [-0.39, 0.29) is 0 Å². The smallest absolute Gasteiger partial charge is 0.205 e. The van der Waals surface area contributed by atoms with E-state index in [1.807, 2.05) is 24.1 Å². The highest BCUT2D eigenvalue weighted by Gasteiger charge is 2.08. The molecule has 2 aromatic rings. The van der Waals surface area contributed by atoms with Gasteiger partial charge in [0.2, 0.25) is 5.13 Å². The minimum absolute atomic E-state index is 0.804. The quantitative estimate of drug-likeness (QED) is 0.855. The molecule has 0 aliphatic carbocycles. The summed E-state index contributed by atoms with van der Waals surface area (Å²) in [5.41, 5.74) is 1.21. The van der Waals surface area contributed by atoms with E-state index in [2.05, 4.69) is 39.5 Å². The lowest BCUT2D eigenvalue weighted by Crippen LogP contribution is -2.16. The van der Waals surface area contributed by atoms with Crippen LogP contribution in [0.15, 0.2) is 12.4 Å². The number of nitrogens with zero attached hydrogens (tertiary/aromatic N) is 5. The van der Waals surface area contributed by atoms with Crippen LogP contribution in [-0.4, -0.2) is 38.5 Å². The number of aryl methyl sites for hydroxylation is 1. The van der Waals surface area contributed by atoms with Crippen molar-refractivity contribution in [3.8, 4) is 0 Å². The van der Waals surface area contributed by atoms with Crippen molar-refractivity contribution in [1.82, 2.24) is 24.9 Å². The van der Waals surface area contributed by atoms with Gasteiger partial charge < -0.3 is 5.32 Å². The lowest BCUT2D eigenvalue weighted by atomic mass is 10.3. The Balaban J connectivity index is 1.88. The summed E-state index contributed by atoms with van der Waals surface area (Å²) in [6.07, 6.45) is 3.92. The lowest BCUT2D eigenvalue weighted by molar-refractivity contribution is 0.317. The molecule has 18 heavy (non-hydrogen) atoms. The summed E-state index contributed by atoms with van der Waals surface area (Å²) < 4.78 is 1.82. The normalized spacial score (nSPS) is 11.1. The predicted molar refractivity (Wildman–Crippen MR) is 72.5 cm³/mol. The van der Waals surface area contributed by atoms with Crippen molar-refractivity contribution in [2.75, 3.05) is 18.9 Å². The monoisotopic (exact) mass is 266 g/mol. The Bertz CT molecular complexity index is 491. The van der Waals surface area contributed by atoms with Crippen LogP contribution in [0.1, 0.15) is 17.5 Å². The zero-order chi connectivity index (χ0) is 13.0. The molecule has 98 valence electrons. The van der Waals surface area contributed by atoms with Crippen LogP contribution in [0.25, 0.3) is 0 Å². The van der Waals surface area contributed by atoms with Crippen molar-refractivity contribution in [3.05, 3.63) is 23.0 Å². The van der Waals surface area contributed by atoms with Gasteiger partial charge >= 0.3 is 0 Å². The third-order valence-corrected chi connectivity index (χ3v) is 3.28. The Kier molecular flexibility index (Phi) is 4.27. The van der Waals surface area contributed by atoms with Crippen LogP contribution in [0.3, 0.4) is 0 Å². The molecule has 1 N–H and O–H groups in total. The first-order valence-electron chi connectivity index (χ1n) is 5.89. The fourth-order valence-corrected chi connectivity index (χ4v) is 2.58. The van der Waals surface area contributed by atoms with E-state index in [9.17, 15) is 0 Å². The molecule has 0 aliphatic rings. The second-order valence-electron chi connectivity index (χ2n) is 4.23. The van der Waals surface area contributed by atoms with Gasteiger partial charge in [-0.2, -0.15) is 5.10 Å². The second kappa shape index (κ2) is 5.92. The van der Waals surface area contributed by atoms with Crippen LogP contribution in [0.2, 0.25) is 0 Å². The molecular formula is C11H18N6S. The Morgan fingerprint density at radius 3 is 2.89 bits per heavy atom. The van der Waals surface area contributed by atoms with Crippen LogP contribution in [-0.2, 0) is 20.1 Å². The summed E-state index contributed by atoms with van der Waals surface area (Å²) in [6.45, 7) is 4.59. The minimum atomic E-state index is 0.804. The maximum atomic E-state index is 4.17. The number of rotatable bonds is 6. The average molecular weight is 266 g/mol. The molecule has 0 aliphatic heterocycles. The summed E-state index contributed by atoms with van der Waals surface area (Å²) in [5.74, 6) is 0. The number of hydrogen-bond acceptors (Lipinski definition) is 6. The standard InChI is InChI=1S/C11H18N6S/c1-4-12-11-15-14-10(18-11)8-16(2)6-9-5-13-17(3)7-9/h5,7H,4,6,8H2,1-3H3,(H,12,15). The Morgan fingerprint density at radius 2 is 2.22 bits per heavy atom.